The molecule has 47 heavy (non-hydrogen) atoms. The number of thiophene rings is 1. The summed E-state index contributed by atoms with van der Waals surface area (Å²) in [5.74, 6) is -4.45. The number of anilines is 3. The molecule has 3 heterocycles. The Morgan fingerprint density at radius 3 is 2.57 bits per heavy atom. The Morgan fingerprint density at radius 2 is 1.91 bits per heavy atom. The first-order valence-corrected chi connectivity index (χ1v) is 15.5. The molecule has 5 aromatic rings. The fraction of sp³-hybridized carbons (Fsp3) is 0.323. The van der Waals surface area contributed by atoms with E-state index >= 15 is 4.39 Å². The number of nitrogen functional groups attached to an aromatic ring is 2. The maximum atomic E-state index is 16.7. The predicted molar refractivity (Wildman–Crippen MR) is 174 cm³/mol. The van der Waals surface area contributed by atoms with E-state index in [9.17, 15) is 18.4 Å². The number of halogens is 5. The van der Waals surface area contributed by atoms with E-state index in [1.54, 1.807) is 19.0 Å². The monoisotopic (exact) mass is 685 g/mol. The van der Waals surface area contributed by atoms with E-state index < -0.39 is 29.6 Å². The number of rotatable bonds is 10. The molecule has 16 heteroatoms. The topological polar surface area (TPSA) is 152 Å². The van der Waals surface area contributed by atoms with Gasteiger partial charge in [0.05, 0.1) is 26.4 Å². The lowest BCUT2D eigenvalue weighted by molar-refractivity contribution is 0.0289. The molecule has 0 aliphatic heterocycles. The van der Waals surface area contributed by atoms with Gasteiger partial charge in [-0.05, 0) is 31.8 Å². The zero-order valence-electron chi connectivity index (χ0n) is 25.3. The Kier molecular flexibility index (Phi) is 8.23. The van der Waals surface area contributed by atoms with Crippen LogP contribution in [0.2, 0.25) is 5.02 Å². The van der Waals surface area contributed by atoms with Crippen LogP contribution >= 0.6 is 22.9 Å². The van der Waals surface area contributed by atoms with Crippen molar-refractivity contribution in [2.75, 3.05) is 50.6 Å². The number of hydrogen-bond acceptors (Lipinski definition) is 11. The van der Waals surface area contributed by atoms with Gasteiger partial charge >= 0.3 is 6.01 Å². The second kappa shape index (κ2) is 11.9. The summed E-state index contributed by atoms with van der Waals surface area (Å²) in [5, 5.41) is 13.2. The number of alkyl halides is 2. The van der Waals surface area contributed by atoms with Gasteiger partial charge in [0.1, 0.15) is 40.6 Å². The fourth-order valence-corrected chi connectivity index (χ4v) is 7.02. The summed E-state index contributed by atoms with van der Waals surface area (Å²) in [6.45, 7) is 1.68. The zero-order chi connectivity index (χ0) is 33.8. The number of nitriles is 1. The third-order valence-electron chi connectivity index (χ3n) is 8.17. The summed E-state index contributed by atoms with van der Waals surface area (Å²) in [4.78, 5) is 18.7. The Balaban J connectivity index is 1.48. The number of ether oxygens (including phenoxy) is 1. The van der Waals surface area contributed by atoms with Crippen LogP contribution in [0.4, 0.5) is 34.2 Å². The minimum absolute atomic E-state index is 0.0158. The molecule has 0 bridgehead atoms. The molecule has 1 fully saturated rings. The molecule has 0 radical (unpaired) electrons. The van der Waals surface area contributed by atoms with Crippen molar-refractivity contribution < 1.29 is 22.3 Å². The average molecular weight is 686 g/mol. The molecule has 1 saturated carbocycles. The van der Waals surface area contributed by atoms with Crippen LogP contribution in [0.1, 0.15) is 30.5 Å². The molecule has 3 aromatic heterocycles. The molecule has 244 valence electrons. The van der Waals surface area contributed by atoms with Crippen LogP contribution in [-0.4, -0.2) is 64.6 Å². The molecule has 0 amide bonds. The van der Waals surface area contributed by atoms with Crippen molar-refractivity contribution in [2.45, 2.75) is 25.2 Å². The largest absolute Gasteiger partial charge is 0.463 e. The third-order valence-corrected chi connectivity index (χ3v) is 9.49. The summed E-state index contributed by atoms with van der Waals surface area (Å²) in [5.41, 5.74) is 10.8. The molecule has 0 spiro atoms. The van der Waals surface area contributed by atoms with Crippen molar-refractivity contribution in [3.05, 3.63) is 58.5 Å². The standard InChI is InChI=1S/C31H28ClF4N9OS/c1-14(23-26(38)41-7-6-40-23)10-42-28-16-8-18(32)21(15-4-5-19(33)25-20(15)17(9-37)27(39)47-25)22(34)24(16)43-29(44-28)46-13-30(12-45(2)3)11-31(30,35)36/h4-8,14H,10-13,39H2,1-3H3,(H2,38,41)(H,42,43,44)/t14-,30-/m1/s1. The lowest BCUT2D eigenvalue weighted by Gasteiger charge is -2.21. The second-order valence-corrected chi connectivity index (χ2v) is 13.3. The highest BCUT2D eigenvalue weighted by atomic mass is 35.5. The Hall–Kier alpha value is -4.52. The molecule has 10 nitrogen and oxygen atoms in total. The molecule has 2 aromatic carbocycles. The van der Waals surface area contributed by atoms with Gasteiger partial charge in [-0.2, -0.15) is 15.2 Å². The maximum absolute atomic E-state index is 16.7. The van der Waals surface area contributed by atoms with Crippen molar-refractivity contribution in [2.24, 2.45) is 5.41 Å². The highest BCUT2D eigenvalue weighted by Gasteiger charge is 2.71. The van der Waals surface area contributed by atoms with E-state index in [-0.39, 0.29) is 90.8 Å². The van der Waals surface area contributed by atoms with Crippen molar-refractivity contribution in [3.63, 3.8) is 0 Å². The molecule has 6 rings (SSSR count). The molecular formula is C31H28ClF4N9OS. The van der Waals surface area contributed by atoms with E-state index in [2.05, 4.69) is 25.3 Å². The highest BCUT2D eigenvalue weighted by Crippen LogP contribution is 2.60. The third kappa shape index (κ3) is 5.70. The van der Waals surface area contributed by atoms with Gasteiger partial charge in [-0.25, -0.2) is 22.5 Å². The minimum atomic E-state index is -2.96. The number of nitrogens with two attached hydrogens (primary N) is 2. The number of nitrogens with zero attached hydrogens (tertiary/aromatic N) is 6. The van der Waals surface area contributed by atoms with E-state index in [1.165, 1.54) is 24.5 Å². The minimum Gasteiger partial charge on any atom is -0.463 e. The molecule has 5 N–H and O–H groups in total. The van der Waals surface area contributed by atoms with Crippen LogP contribution in [0.3, 0.4) is 0 Å². The first kappa shape index (κ1) is 32.4. The fourth-order valence-electron chi connectivity index (χ4n) is 5.78. The van der Waals surface area contributed by atoms with Crippen molar-refractivity contribution in [3.8, 4) is 23.2 Å². The molecule has 2 atom stereocenters. The summed E-state index contributed by atoms with van der Waals surface area (Å²) in [6, 6.07) is 5.50. The van der Waals surface area contributed by atoms with Crippen molar-refractivity contribution in [1.82, 2.24) is 24.8 Å². The number of nitrogens with one attached hydrogen (secondary N) is 1. The van der Waals surface area contributed by atoms with Gasteiger partial charge in [0, 0.05) is 54.2 Å². The number of benzene rings is 2. The molecular weight excluding hydrogens is 658 g/mol. The number of fused-ring (bicyclic) bond motifs is 2. The molecule has 1 aliphatic rings. The first-order valence-electron chi connectivity index (χ1n) is 14.3. The van der Waals surface area contributed by atoms with Gasteiger partial charge in [-0.15, -0.1) is 11.3 Å². The van der Waals surface area contributed by atoms with Crippen LogP contribution in [0, 0.1) is 28.4 Å². The van der Waals surface area contributed by atoms with Crippen LogP contribution < -0.4 is 21.5 Å². The average Bonchev–Trinajstić information content (AvgIpc) is 3.36. The van der Waals surface area contributed by atoms with Crippen LogP contribution in [-0.2, 0) is 0 Å². The number of aromatic nitrogens is 4. The van der Waals surface area contributed by atoms with Crippen molar-refractivity contribution >= 4 is 60.6 Å². The predicted octanol–water partition coefficient (Wildman–Crippen LogP) is 6.45. The van der Waals surface area contributed by atoms with Crippen molar-refractivity contribution in [1.29, 1.82) is 5.26 Å². The quantitative estimate of drug-likeness (QED) is 0.140. The van der Waals surface area contributed by atoms with E-state index in [0.29, 0.717) is 5.69 Å². The molecule has 1 aliphatic carbocycles. The lowest BCUT2D eigenvalue weighted by atomic mass is 9.97. The van der Waals surface area contributed by atoms with E-state index in [0.717, 1.165) is 17.4 Å². The molecule has 0 unspecified atom stereocenters. The van der Waals surface area contributed by atoms with Crippen LogP contribution in [0.15, 0.2) is 30.6 Å². The van der Waals surface area contributed by atoms with Crippen LogP contribution in [0.5, 0.6) is 6.01 Å². The van der Waals surface area contributed by atoms with Gasteiger partial charge in [0.25, 0.3) is 5.92 Å². The summed E-state index contributed by atoms with van der Waals surface area (Å²) in [6.07, 6.45) is 2.59. The smallest absolute Gasteiger partial charge is 0.319 e. The van der Waals surface area contributed by atoms with E-state index in [4.69, 9.17) is 27.8 Å². The number of hydrogen-bond donors (Lipinski definition) is 3. The second-order valence-electron chi connectivity index (χ2n) is 11.8. The Labute approximate surface area is 275 Å². The Morgan fingerprint density at radius 1 is 1.19 bits per heavy atom. The van der Waals surface area contributed by atoms with Gasteiger partial charge in [0.2, 0.25) is 0 Å². The van der Waals surface area contributed by atoms with Crippen LogP contribution in [0.25, 0.3) is 32.1 Å². The van der Waals surface area contributed by atoms with Gasteiger partial charge < -0.3 is 26.4 Å². The van der Waals surface area contributed by atoms with E-state index in [1.807, 2.05) is 13.0 Å². The Bertz CT molecular complexity index is 2090. The van der Waals surface area contributed by atoms with Gasteiger partial charge in [-0.1, -0.05) is 24.6 Å². The normalized spacial score (nSPS) is 17.6. The summed E-state index contributed by atoms with van der Waals surface area (Å²) >= 11 is 7.57. The lowest BCUT2D eigenvalue weighted by Crippen LogP contribution is -2.32. The summed E-state index contributed by atoms with van der Waals surface area (Å²) in [7, 11) is 3.36. The zero-order valence-corrected chi connectivity index (χ0v) is 26.9. The summed E-state index contributed by atoms with van der Waals surface area (Å²) < 4.78 is 66.4. The highest BCUT2D eigenvalue weighted by molar-refractivity contribution is 7.23. The molecule has 0 saturated heterocycles. The maximum Gasteiger partial charge on any atom is 0.319 e. The van der Waals surface area contributed by atoms with Gasteiger partial charge in [-0.3, -0.25) is 4.98 Å². The SMILES string of the molecule is C[C@H](CNc1nc(OC[C@]2(CN(C)C)CC2(F)F)nc2c(F)c(-c3ccc(F)c4sc(N)c(C#N)c34)c(Cl)cc12)c1nccnc1N. The van der Waals surface area contributed by atoms with Gasteiger partial charge in [0.15, 0.2) is 5.82 Å². The first-order chi connectivity index (χ1) is 22.3.